The number of halogens is 2. The zero-order valence-corrected chi connectivity index (χ0v) is 24.0. The lowest BCUT2D eigenvalue weighted by Gasteiger charge is -2.37. The van der Waals surface area contributed by atoms with Crippen molar-refractivity contribution in [2.45, 2.75) is 18.0 Å². The average molecular weight is 594 g/mol. The fourth-order valence-corrected chi connectivity index (χ4v) is 7.33. The van der Waals surface area contributed by atoms with E-state index in [2.05, 4.69) is 0 Å². The number of nitrogens with zero attached hydrogens (tertiary/aromatic N) is 1. The van der Waals surface area contributed by atoms with E-state index in [9.17, 15) is 18.8 Å². The summed E-state index contributed by atoms with van der Waals surface area (Å²) in [6.45, 7) is 0. The second kappa shape index (κ2) is 9.92. The summed E-state index contributed by atoms with van der Waals surface area (Å²) in [5, 5.41) is 0.506. The van der Waals surface area contributed by atoms with Crippen LogP contribution in [0.3, 0.4) is 0 Å². The standard InChI is InChI=1S/C35H25ClFNO5/c1-42-23-13-14-26(28(18-23)43-2)30-31(32(39)19-7-11-22(37)12-8-19)38-27-15-10-21(36)17-20(27)9-16-29(38)35(30)33(40)24-5-3-4-6-25(24)34(35)41/h3-18,29-31H,1-2H3/t29-,30+,31-/m1/s1. The van der Waals surface area contributed by atoms with Crippen LogP contribution < -0.4 is 14.4 Å². The van der Waals surface area contributed by atoms with Crippen molar-refractivity contribution in [3.63, 3.8) is 0 Å². The molecule has 1 saturated heterocycles. The van der Waals surface area contributed by atoms with Crippen molar-refractivity contribution in [1.29, 1.82) is 0 Å². The van der Waals surface area contributed by atoms with Crippen molar-refractivity contribution in [3.05, 3.63) is 130 Å². The summed E-state index contributed by atoms with van der Waals surface area (Å²) in [6, 6.07) is 20.7. The van der Waals surface area contributed by atoms with Crippen LogP contribution in [-0.2, 0) is 0 Å². The number of ether oxygens (including phenoxy) is 2. The summed E-state index contributed by atoms with van der Waals surface area (Å²) >= 11 is 6.36. The molecule has 2 aliphatic heterocycles. The second-order valence-corrected chi connectivity index (χ2v) is 11.3. The topological polar surface area (TPSA) is 72.9 Å². The molecular weight excluding hydrogens is 569 g/mol. The molecule has 3 aliphatic rings. The maximum atomic E-state index is 14.8. The van der Waals surface area contributed by atoms with Crippen LogP contribution in [0.1, 0.15) is 48.1 Å². The average Bonchev–Trinajstić information content (AvgIpc) is 3.46. The molecule has 1 aliphatic carbocycles. The Labute approximate surface area is 252 Å². The lowest BCUT2D eigenvalue weighted by molar-refractivity contribution is 0.0665. The van der Waals surface area contributed by atoms with Gasteiger partial charge in [0.15, 0.2) is 17.3 Å². The monoisotopic (exact) mass is 593 g/mol. The van der Waals surface area contributed by atoms with Gasteiger partial charge in [0, 0.05) is 44.9 Å². The Morgan fingerprint density at radius 2 is 1.58 bits per heavy atom. The number of ketones is 3. The van der Waals surface area contributed by atoms with Gasteiger partial charge in [0.2, 0.25) is 0 Å². The summed E-state index contributed by atoms with van der Waals surface area (Å²) in [5.74, 6) is -1.67. The molecule has 214 valence electrons. The van der Waals surface area contributed by atoms with E-state index in [1.807, 2.05) is 17.1 Å². The van der Waals surface area contributed by atoms with Gasteiger partial charge in [0.1, 0.15) is 28.8 Å². The van der Waals surface area contributed by atoms with Crippen LogP contribution >= 0.6 is 11.6 Å². The van der Waals surface area contributed by atoms with Crippen LogP contribution in [0.25, 0.3) is 6.08 Å². The van der Waals surface area contributed by atoms with Crippen LogP contribution in [0.4, 0.5) is 10.1 Å². The molecule has 0 aromatic heterocycles. The minimum Gasteiger partial charge on any atom is -0.497 e. The van der Waals surface area contributed by atoms with Crippen LogP contribution in [-0.4, -0.2) is 43.7 Å². The highest BCUT2D eigenvalue weighted by Crippen LogP contribution is 2.62. The molecule has 3 atom stereocenters. The molecule has 43 heavy (non-hydrogen) atoms. The number of hydrogen-bond acceptors (Lipinski definition) is 6. The number of methoxy groups -OCH3 is 2. The van der Waals surface area contributed by atoms with Crippen molar-refractivity contribution >= 4 is 40.7 Å². The number of hydrogen-bond donors (Lipinski definition) is 0. The van der Waals surface area contributed by atoms with Gasteiger partial charge in [-0.15, -0.1) is 0 Å². The number of carbonyl (C=O) groups excluding carboxylic acids is 3. The van der Waals surface area contributed by atoms with Gasteiger partial charge in [-0.05, 0) is 54.1 Å². The number of benzene rings is 4. The lowest BCUT2D eigenvalue weighted by atomic mass is 9.64. The molecule has 0 radical (unpaired) electrons. The zero-order valence-electron chi connectivity index (χ0n) is 23.2. The molecule has 8 heteroatoms. The Kier molecular flexibility index (Phi) is 6.25. The van der Waals surface area contributed by atoms with Gasteiger partial charge >= 0.3 is 0 Å². The molecule has 0 saturated carbocycles. The number of Topliss-reactive ketones (excluding diaryl/α,β-unsaturated/α-hetero) is 3. The predicted octanol–water partition coefficient (Wildman–Crippen LogP) is 6.81. The van der Waals surface area contributed by atoms with Crippen molar-refractivity contribution in [2.75, 3.05) is 19.1 Å². The number of fused-ring (bicyclic) bond motifs is 5. The largest absolute Gasteiger partial charge is 0.497 e. The first-order chi connectivity index (χ1) is 20.8. The third-order valence-electron chi connectivity index (χ3n) is 8.94. The number of rotatable bonds is 5. The van der Waals surface area contributed by atoms with Gasteiger partial charge in [0.05, 0.1) is 20.3 Å². The van der Waals surface area contributed by atoms with E-state index < -0.39 is 29.2 Å². The molecule has 0 bridgehead atoms. The highest BCUT2D eigenvalue weighted by molar-refractivity contribution is 6.33. The lowest BCUT2D eigenvalue weighted by Crippen LogP contribution is -2.48. The van der Waals surface area contributed by atoms with E-state index in [1.165, 1.54) is 38.5 Å². The fourth-order valence-electron chi connectivity index (χ4n) is 7.15. The Morgan fingerprint density at radius 3 is 2.23 bits per heavy atom. The Hall–Kier alpha value is -4.75. The van der Waals surface area contributed by atoms with Crippen LogP contribution in [0.5, 0.6) is 11.5 Å². The van der Waals surface area contributed by atoms with Gasteiger partial charge in [-0.1, -0.05) is 54.1 Å². The van der Waals surface area contributed by atoms with E-state index in [4.69, 9.17) is 21.1 Å². The predicted molar refractivity (Wildman–Crippen MR) is 161 cm³/mol. The highest BCUT2D eigenvalue weighted by Gasteiger charge is 2.72. The van der Waals surface area contributed by atoms with E-state index in [0.29, 0.717) is 38.9 Å². The van der Waals surface area contributed by atoms with E-state index in [0.717, 1.165) is 5.56 Å². The number of anilines is 1. The summed E-state index contributed by atoms with van der Waals surface area (Å²) in [6.07, 6.45) is 3.67. The first-order valence-electron chi connectivity index (χ1n) is 13.8. The quantitative estimate of drug-likeness (QED) is 0.187. The molecule has 0 amide bonds. The minimum absolute atomic E-state index is 0.250. The molecule has 0 unspecified atom stereocenters. The van der Waals surface area contributed by atoms with Crippen molar-refractivity contribution in [2.24, 2.45) is 5.41 Å². The van der Waals surface area contributed by atoms with Gasteiger partial charge < -0.3 is 14.4 Å². The molecule has 4 aromatic carbocycles. The van der Waals surface area contributed by atoms with Gasteiger partial charge in [-0.3, -0.25) is 14.4 Å². The smallest absolute Gasteiger partial charge is 0.185 e. The molecule has 7 rings (SSSR count). The molecule has 6 nitrogen and oxygen atoms in total. The summed E-state index contributed by atoms with van der Waals surface area (Å²) in [5.41, 5.74) is 1.08. The van der Waals surface area contributed by atoms with Crippen LogP contribution in [0, 0.1) is 11.2 Å². The molecule has 1 spiro atoms. The third kappa shape index (κ3) is 3.74. The van der Waals surface area contributed by atoms with Crippen LogP contribution in [0.2, 0.25) is 5.02 Å². The van der Waals surface area contributed by atoms with Crippen molar-refractivity contribution in [1.82, 2.24) is 0 Å². The molecule has 1 fully saturated rings. The fraction of sp³-hybridized carbons (Fsp3) is 0.171. The summed E-state index contributed by atoms with van der Waals surface area (Å²) in [7, 11) is 3.02. The Morgan fingerprint density at radius 1 is 0.884 bits per heavy atom. The molecule has 0 N–H and O–H groups in total. The Bertz CT molecular complexity index is 1830. The van der Waals surface area contributed by atoms with Gasteiger partial charge in [-0.2, -0.15) is 0 Å². The third-order valence-corrected chi connectivity index (χ3v) is 9.17. The van der Waals surface area contributed by atoms with E-state index in [1.54, 1.807) is 60.7 Å². The normalized spacial score (nSPS) is 21.0. The zero-order chi connectivity index (χ0) is 30.0. The highest BCUT2D eigenvalue weighted by atomic mass is 35.5. The maximum absolute atomic E-state index is 14.8. The molecule has 2 heterocycles. The van der Waals surface area contributed by atoms with Crippen molar-refractivity contribution in [3.8, 4) is 11.5 Å². The number of carbonyl (C=O) groups is 3. The molecular formula is C35H25ClFNO5. The first-order valence-corrected chi connectivity index (χ1v) is 14.2. The van der Waals surface area contributed by atoms with Gasteiger partial charge in [-0.25, -0.2) is 4.39 Å². The van der Waals surface area contributed by atoms with E-state index >= 15 is 0 Å². The van der Waals surface area contributed by atoms with E-state index in [-0.39, 0.29) is 22.9 Å². The van der Waals surface area contributed by atoms with Gasteiger partial charge in [0.25, 0.3) is 0 Å². The summed E-state index contributed by atoms with van der Waals surface area (Å²) in [4.78, 5) is 46.1. The Balaban J connectivity index is 1.57. The van der Waals surface area contributed by atoms with Crippen LogP contribution in [0.15, 0.2) is 91.0 Å². The maximum Gasteiger partial charge on any atom is 0.185 e. The molecule has 4 aromatic rings. The van der Waals surface area contributed by atoms with Crippen molar-refractivity contribution < 1.29 is 28.2 Å². The minimum atomic E-state index is -1.71. The SMILES string of the molecule is COc1ccc([C@H]2[C@H](C(=O)c3ccc(F)cc3)N3c4ccc(Cl)cc4C=C[C@@H]3C23C(=O)c2ccccc2C3=O)c(OC)c1. The first kappa shape index (κ1) is 27.1. The summed E-state index contributed by atoms with van der Waals surface area (Å²) < 4.78 is 25.2. The second-order valence-electron chi connectivity index (χ2n) is 10.9.